The van der Waals surface area contributed by atoms with Crippen molar-refractivity contribution in [3.63, 3.8) is 0 Å². The summed E-state index contributed by atoms with van der Waals surface area (Å²) in [6.07, 6.45) is 9.29. The van der Waals surface area contributed by atoms with E-state index < -0.39 is 0 Å². The third kappa shape index (κ3) is 2.98. The average Bonchev–Trinajstić information content (AvgIpc) is 2.38. The van der Waals surface area contributed by atoms with Gasteiger partial charge in [-0.15, -0.1) is 5.10 Å². The number of nitrogens with one attached hydrogen (secondary N) is 1. The van der Waals surface area contributed by atoms with Crippen molar-refractivity contribution >= 4 is 0 Å². The van der Waals surface area contributed by atoms with Gasteiger partial charge in [-0.2, -0.15) is 5.10 Å². The summed E-state index contributed by atoms with van der Waals surface area (Å²) in [6.45, 7) is 0.912. The molecule has 4 nitrogen and oxygen atoms in total. The third-order valence-corrected chi connectivity index (χ3v) is 3.24. The van der Waals surface area contributed by atoms with Gasteiger partial charge in [-0.3, -0.25) is 0 Å². The fourth-order valence-electron chi connectivity index (χ4n) is 2.29. The standard InChI is InChI=1S/C12H20N4/c1-13-8-7-12-15-11(9-14-16-12)10-5-3-2-4-6-10/h9-10,13H,2-8H2,1H3. The summed E-state index contributed by atoms with van der Waals surface area (Å²) in [5.41, 5.74) is 1.15. The topological polar surface area (TPSA) is 50.7 Å². The minimum atomic E-state index is 0.623. The van der Waals surface area contributed by atoms with Gasteiger partial charge in [0, 0.05) is 18.9 Å². The van der Waals surface area contributed by atoms with Crippen LogP contribution in [0.15, 0.2) is 6.20 Å². The van der Waals surface area contributed by atoms with Crippen molar-refractivity contribution in [2.45, 2.75) is 44.4 Å². The van der Waals surface area contributed by atoms with Crippen LogP contribution in [0, 0.1) is 0 Å². The molecule has 1 fully saturated rings. The lowest BCUT2D eigenvalue weighted by atomic mass is 9.87. The van der Waals surface area contributed by atoms with Gasteiger partial charge >= 0.3 is 0 Å². The number of hydrogen-bond acceptors (Lipinski definition) is 4. The summed E-state index contributed by atoms with van der Waals surface area (Å²) in [5, 5.41) is 11.3. The number of hydrogen-bond donors (Lipinski definition) is 1. The van der Waals surface area contributed by atoms with Crippen LogP contribution in [-0.2, 0) is 6.42 Å². The van der Waals surface area contributed by atoms with Crippen molar-refractivity contribution in [3.8, 4) is 0 Å². The summed E-state index contributed by atoms with van der Waals surface area (Å²) in [5.74, 6) is 1.50. The second-order valence-electron chi connectivity index (χ2n) is 4.49. The monoisotopic (exact) mass is 220 g/mol. The Morgan fingerprint density at radius 1 is 1.31 bits per heavy atom. The second-order valence-corrected chi connectivity index (χ2v) is 4.49. The van der Waals surface area contributed by atoms with Crippen molar-refractivity contribution in [2.24, 2.45) is 0 Å². The van der Waals surface area contributed by atoms with E-state index in [0.717, 1.165) is 24.5 Å². The first kappa shape index (κ1) is 11.5. The molecule has 4 heteroatoms. The van der Waals surface area contributed by atoms with Crippen molar-refractivity contribution in [1.82, 2.24) is 20.5 Å². The quantitative estimate of drug-likeness (QED) is 0.838. The molecule has 0 bridgehead atoms. The Balaban J connectivity index is 2.02. The molecule has 16 heavy (non-hydrogen) atoms. The van der Waals surface area contributed by atoms with Crippen LogP contribution in [0.4, 0.5) is 0 Å². The van der Waals surface area contributed by atoms with E-state index in [9.17, 15) is 0 Å². The Kier molecular flexibility index (Phi) is 4.22. The zero-order valence-electron chi connectivity index (χ0n) is 9.95. The molecule has 88 valence electrons. The van der Waals surface area contributed by atoms with Crippen LogP contribution in [-0.4, -0.2) is 28.8 Å². The van der Waals surface area contributed by atoms with Crippen LogP contribution >= 0.6 is 0 Å². The summed E-state index contributed by atoms with van der Waals surface area (Å²) in [4.78, 5) is 4.62. The normalized spacial score (nSPS) is 17.6. The average molecular weight is 220 g/mol. The van der Waals surface area contributed by atoms with Crippen LogP contribution in [0.3, 0.4) is 0 Å². The van der Waals surface area contributed by atoms with E-state index in [2.05, 4.69) is 20.5 Å². The van der Waals surface area contributed by atoms with E-state index in [0.29, 0.717) is 5.92 Å². The van der Waals surface area contributed by atoms with E-state index >= 15 is 0 Å². The second kappa shape index (κ2) is 5.89. The fraction of sp³-hybridized carbons (Fsp3) is 0.750. The SMILES string of the molecule is CNCCc1nncc(C2CCCCC2)n1. The summed E-state index contributed by atoms with van der Waals surface area (Å²) in [6, 6.07) is 0. The van der Waals surface area contributed by atoms with Gasteiger partial charge in [0.2, 0.25) is 0 Å². The van der Waals surface area contributed by atoms with Crippen molar-refractivity contribution in [2.75, 3.05) is 13.6 Å². The third-order valence-electron chi connectivity index (χ3n) is 3.24. The Bertz CT molecular complexity index is 321. The van der Waals surface area contributed by atoms with Gasteiger partial charge in [0.15, 0.2) is 5.82 Å². The zero-order valence-corrected chi connectivity index (χ0v) is 9.95. The van der Waals surface area contributed by atoms with E-state index in [1.54, 1.807) is 0 Å². The van der Waals surface area contributed by atoms with Crippen molar-refractivity contribution in [3.05, 3.63) is 17.7 Å². The molecule has 1 aromatic rings. The minimum Gasteiger partial charge on any atom is -0.319 e. The number of nitrogens with zero attached hydrogens (tertiary/aromatic N) is 3. The first-order chi connectivity index (χ1) is 7.90. The first-order valence-corrected chi connectivity index (χ1v) is 6.23. The Morgan fingerprint density at radius 3 is 2.88 bits per heavy atom. The molecule has 1 N–H and O–H groups in total. The molecular weight excluding hydrogens is 200 g/mol. The van der Waals surface area contributed by atoms with Crippen molar-refractivity contribution < 1.29 is 0 Å². The lowest BCUT2D eigenvalue weighted by Gasteiger charge is -2.20. The van der Waals surface area contributed by atoms with Crippen LogP contribution in [0.1, 0.15) is 49.5 Å². The largest absolute Gasteiger partial charge is 0.319 e. The smallest absolute Gasteiger partial charge is 0.152 e. The van der Waals surface area contributed by atoms with Crippen LogP contribution in [0.5, 0.6) is 0 Å². The van der Waals surface area contributed by atoms with Gasteiger partial charge in [0.25, 0.3) is 0 Å². The zero-order chi connectivity index (χ0) is 11.2. The van der Waals surface area contributed by atoms with Gasteiger partial charge in [0.1, 0.15) is 0 Å². The molecule has 0 radical (unpaired) electrons. The molecule has 0 spiro atoms. The fourth-order valence-corrected chi connectivity index (χ4v) is 2.29. The predicted octanol–water partition coefficient (Wildman–Crippen LogP) is 1.68. The van der Waals surface area contributed by atoms with Crippen LogP contribution in [0.25, 0.3) is 0 Å². The lowest BCUT2D eigenvalue weighted by Crippen LogP contribution is -2.15. The maximum Gasteiger partial charge on any atom is 0.152 e. The van der Waals surface area contributed by atoms with Gasteiger partial charge in [-0.1, -0.05) is 19.3 Å². The number of likely N-dealkylation sites (N-methyl/N-ethyl adjacent to an activating group) is 1. The Morgan fingerprint density at radius 2 is 2.12 bits per heavy atom. The number of aromatic nitrogens is 3. The number of rotatable bonds is 4. The van der Waals surface area contributed by atoms with Gasteiger partial charge in [-0.05, 0) is 19.9 Å². The molecule has 2 rings (SSSR count). The van der Waals surface area contributed by atoms with E-state index in [-0.39, 0.29) is 0 Å². The van der Waals surface area contributed by atoms with E-state index in [1.165, 1.54) is 32.1 Å². The molecule has 0 atom stereocenters. The molecule has 0 saturated heterocycles. The summed E-state index contributed by atoms with van der Waals surface area (Å²) in [7, 11) is 1.94. The molecule has 1 heterocycles. The van der Waals surface area contributed by atoms with Gasteiger partial charge < -0.3 is 5.32 Å². The molecule has 0 aromatic carbocycles. The van der Waals surface area contributed by atoms with Gasteiger partial charge in [-0.25, -0.2) is 4.98 Å². The Hall–Kier alpha value is -1.03. The van der Waals surface area contributed by atoms with Gasteiger partial charge in [0.05, 0.1) is 11.9 Å². The molecule has 1 saturated carbocycles. The molecule has 0 aliphatic heterocycles. The van der Waals surface area contributed by atoms with E-state index in [4.69, 9.17) is 0 Å². The minimum absolute atomic E-state index is 0.623. The predicted molar refractivity (Wildman–Crippen MR) is 63.3 cm³/mol. The Labute approximate surface area is 96.9 Å². The molecular formula is C12H20N4. The maximum absolute atomic E-state index is 4.62. The highest BCUT2D eigenvalue weighted by atomic mass is 15.1. The molecule has 1 aromatic heterocycles. The highest BCUT2D eigenvalue weighted by molar-refractivity contribution is 5.05. The highest BCUT2D eigenvalue weighted by Gasteiger charge is 2.17. The summed E-state index contributed by atoms with van der Waals surface area (Å²) >= 11 is 0. The molecule has 0 amide bonds. The maximum atomic E-state index is 4.62. The van der Waals surface area contributed by atoms with Crippen molar-refractivity contribution in [1.29, 1.82) is 0 Å². The van der Waals surface area contributed by atoms with Crippen LogP contribution < -0.4 is 5.32 Å². The van der Waals surface area contributed by atoms with Crippen LogP contribution in [0.2, 0.25) is 0 Å². The first-order valence-electron chi connectivity index (χ1n) is 6.23. The molecule has 1 aliphatic carbocycles. The molecule has 0 unspecified atom stereocenters. The summed E-state index contributed by atoms with van der Waals surface area (Å²) < 4.78 is 0. The highest BCUT2D eigenvalue weighted by Crippen LogP contribution is 2.30. The lowest BCUT2D eigenvalue weighted by molar-refractivity contribution is 0.433. The molecule has 1 aliphatic rings. The van der Waals surface area contributed by atoms with E-state index in [1.807, 2.05) is 13.2 Å².